The van der Waals surface area contributed by atoms with Gasteiger partial charge in [-0.1, -0.05) is 6.92 Å². The van der Waals surface area contributed by atoms with Gasteiger partial charge in [-0.3, -0.25) is 14.5 Å². The third-order valence-corrected chi connectivity index (χ3v) is 3.30. The van der Waals surface area contributed by atoms with E-state index in [1.807, 2.05) is 16.7 Å². The zero-order valence-corrected chi connectivity index (χ0v) is 11.1. The number of carbonyl (C=O) groups is 2. The van der Waals surface area contributed by atoms with Crippen LogP contribution in [0.3, 0.4) is 0 Å². The topological polar surface area (TPSA) is 92.7 Å². The lowest BCUT2D eigenvalue weighted by Crippen LogP contribution is -2.40. The Bertz CT molecular complexity index is 296. The molecule has 1 unspecified atom stereocenters. The van der Waals surface area contributed by atoms with Crippen LogP contribution < -0.4 is 11.5 Å². The Kier molecular flexibility index (Phi) is 6.07. The minimum absolute atomic E-state index is 0.0160. The van der Waals surface area contributed by atoms with Gasteiger partial charge in [0.2, 0.25) is 11.8 Å². The predicted octanol–water partition coefficient (Wildman–Crippen LogP) is -1.01. The highest BCUT2D eigenvalue weighted by Gasteiger charge is 2.23. The van der Waals surface area contributed by atoms with Crippen molar-refractivity contribution in [1.29, 1.82) is 0 Å². The average molecular weight is 256 g/mol. The van der Waals surface area contributed by atoms with Gasteiger partial charge >= 0.3 is 0 Å². The highest BCUT2D eigenvalue weighted by Crippen LogP contribution is 2.10. The molecule has 2 amide bonds. The lowest BCUT2D eigenvalue weighted by Gasteiger charge is -2.24. The SMILES string of the molecule is CC(CCN)C(=O)N1CCCN(CC(N)=O)CC1. The highest BCUT2D eigenvalue weighted by atomic mass is 16.2. The van der Waals surface area contributed by atoms with Gasteiger partial charge in [-0.15, -0.1) is 0 Å². The van der Waals surface area contributed by atoms with Gasteiger partial charge in [-0.05, 0) is 19.4 Å². The van der Waals surface area contributed by atoms with Crippen LogP contribution in [0.1, 0.15) is 19.8 Å². The molecule has 6 nitrogen and oxygen atoms in total. The van der Waals surface area contributed by atoms with E-state index < -0.39 is 0 Å². The summed E-state index contributed by atoms with van der Waals surface area (Å²) in [5.41, 5.74) is 10.7. The molecule has 1 heterocycles. The van der Waals surface area contributed by atoms with E-state index in [0.29, 0.717) is 19.6 Å². The molecule has 18 heavy (non-hydrogen) atoms. The summed E-state index contributed by atoms with van der Waals surface area (Å²) in [6.45, 7) is 5.68. The number of primary amides is 1. The number of amides is 2. The Labute approximate surface area is 108 Å². The largest absolute Gasteiger partial charge is 0.369 e. The first kappa shape index (κ1) is 14.9. The number of nitrogens with two attached hydrogens (primary N) is 2. The maximum Gasteiger partial charge on any atom is 0.231 e. The van der Waals surface area contributed by atoms with Gasteiger partial charge in [0.15, 0.2) is 0 Å². The maximum atomic E-state index is 12.1. The Morgan fingerprint density at radius 3 is 2.56 bits per heavy atom. The van der Waals surface area contributed by atoms with Crippen molar-refractivity contribution in [3.8, 4) is 0 Å². The first-order valence-electron chi connectivity index (χ1n) is 6.54. The van der Waals surface area contributed by atoms with Gasteiger partial charge in [0.25, 0.3) is 0 Å². The molecule has 1 aliphatic heterocycles. The van der Waals surface area contributed by atoms with Gasteiger partial charge < -0.3 is 16.4 Å². The van der Waals surface area contributed by atoms with Crippen molar-refractivity contribution in [2.24, 2.45) is 17.4 Å². The molecule has 0 spiro atoms. The fourth-order valence-electron chi connectivity index (χ4n) is 2.25. The third-order valence-electron chi connectivity index (χ3n) is 3.30. The number of rotatable bonds is 5. The van der Waals surface area contributed by atoms with E-state index in [1.54, 1.807) is 0 Å². The number of hydrogen-bond donors (Lipinski definition) is 2. The van der Waals surface area contributed by atoms with E-state index in [0.717, 1.165) is 25.9 Å². The number of hydrogen-bond acceptors (Lipinski definition) is 4. The lowest BCUT2D eigenvalue weighted by atomic mass is 10.1. The summed E-state index contributed by atoms with van der Waals surface area (Å²) >= 11 is 0. The van der Waals surface area contributed by atoms with Crippen molar-refractivity contribution in [3.05, 3.63) is 0 Å². The molecule has 6 heteroatoms. The van der Waals surface area contributed by atoms with Crippen LogP contribution in [0, 0.1) is 5.92 Å². The van der Waals surface area contributed by atoms with Crippen LogP contribution in [0.15, 0.2) is 0 Å². The normalized spacial score (nSPS) is 19.3. The molecule has 1 saturated heterocycles. The number of carbonyl (C=O) groups excluding carboxylic acids is 2. The zero-order chi connectivity index (χ0) is 13.5. The van der Waals surface area contributed by atoms with Crippen LogP contribution in [0.4, 0.5) is 0 Å². The van der Waals surface area contributed by atoms with Crippen LogP contribution in [0.5, 0.6) is 0 Å². The second-order valence-electron chi connectivity index (χ2n) is 4.90. The maximum absolute atomic E-state index is 12.1. The van der Waals surface area contributed by atoms with Crippen LogP contribution >= 0.6 is 0 Å². The lowest BCUT2D eigenvalue weighted by molar-refractivity contribution is -0.135. The fourth-order valence-corrected chi connectivity index (χ4v) is 2.25. The van der Waals surface area contributed by atoms with E-state index in [1.165, 1.54) is 0 Å². The fraction of sp³-hybridized carbons (Fsp3) is 0.833. The average Bonchev–Trinajstić information content (AvgIpc) is 2.53. The van der Waals surface area contributed by atoms with Gasteiger partial charge in [-0.25, -0.2) is 0 Å². The molecule has 0 aromatic heterocycles. The van der Waals surface area contributed by atoms with Crippen molar-refractivity contribution in [1.82, 2.24) is 9.80 Å². The van der Waals surface area contributed by atoms with E-state index >= 15 is 0 Å². The Hall–Kier alpha value is -1.14. The summed E-state index contributed by atoms with van der Waals surface area (Å²) in [6.07, 6.45) is 1.61. The molecule has 0 bridgehead atoms. The van der Waals surface area contributed by atoms with Gasteiger partial charge in [0.1, 0.15) is 0 Å². The molecule has 1 rings (SSSR count). The molecule has 0 aromatic rings. The molecule has 0 saturated carbocycles. The first-order chi connectivity index (χ1) is 8.54. The Morgan fingerprint density at radius 2 is 1.94 bits per heavy atom. The van der Waals surface area contributed by atoms with Crippen molar-refractivity contribution in [3.63, 3.8) is 0 Å². The van der Waals surface area contributed by atoms with Crippen LogP contribution in [0.25, 0.3) is 0 Å². The Balaban J connectivity index is 2.46. The van der Waals surface area contributed by atoms with Crippen molar-refractivity contribution >= 4 is 11.8 Å². The van der Waals surface area contributed by atoms with Crippen molar-refractivity contribution in [2.45, 2.75) is 19.8 Å². The summed E-state index contributed by atoms with van der Waals surface area (Å²) < 4.78 is 0. The van der Waals surface area contributed by atoms with E-state index in [9.17, 15) is 9.59 Å². The standard InChI is InChI=1S/C12H24N4O2/c1-10(3-4-13)12(18)16-6-2-5-15(7-8-16)9-11(14)17/h10H,2-9,13H2,1H3,(H2,14,17). The minimum atomic E-state index is -0.314. The van der Waals surface area contributed by atoms with Crippen LogP contribution in [-0.4, -0.2) is 60.9 Å². The van der Waals surface area contributed by atoms with Crippen molar-refractivity contribution < 1.29 is 9.59 Å². The quantitative estimate of drug-likeness (QED) is 0.659. The molecular weight excluding hydrogens is 232 g/mol. The monoisotopic (exact) mass is 256 g/mol. The van der Waals surface area contributed by atoms with Gasteiger partial charge in [-0.2, -0.15) is 0 Å². The zero-order valence-electron chi connectivity index (χ0n) is 11.1. The molecule has 1 atom stereocenters. The van der Waals surface area contributed by atoms with Gasteiger partial charge in [0.05, 0.1) is 6.54 Å². The second kappa shape index (κ2) is 7.33. The molecular formula is C12H24N4O2. The van der Waals surface area contributed by atoms with Crippen LogP contribution in [-0.2, 0) is 9.59 Å². The molecule has 4 N–H and O–H groups in total. The second-order valence-corrected chi connectivity index (χ2v) is 4.90. The van der Waals surface area contributed by atoms with E-state index in [4.69, 9.17) is 11.5 Å². The predicted molar refractivity (Wildman–Crippen MR) is 69.7 cm³/mol. The number of nitrogens with zero attached hydrogens (tertiary/aromatic N) is 2. The molecule has 0 radical (unpaired) electrons. The molecule has 1 aliphatic rings. The summed E-state index contributed by atoms with van der Waals surface area (Å²) in [5, 5.41) is 0. The third kappa shape index (κ3) is 4.62. The first-order valence-corrected chi connectivity index (χ1v) is 6.54. The van der Waals surface area contributed by atoms with Crippen LogP contribution in [0.2, 0.25) is 0 Å². The minimum Gasteiger partial charge on any atom is -0.369 e. The molecule has 1 fully saturated rings. The van der Waals surface area contributed by atoms with E-state index in [2.05, 4.69) is 0 Å². The summed E-state index contributed by atoms with van der Waals surface area (Å²) in [6, 6.07) is 0. The molecule has 0 aliphatic carbocycles. The molecule has 0 aromatic carbocycles. The highest BCUT2D eigenvalue weighted by molar-refractivity contribution is 5.78. The Morgan fingerprint density at radius 1 is 1.22 bits per heavy atom. The summed E-state index contributed by atoms with van der Waals surface area (Å²) in [4.78, 5) is 26.9. The molecule has 104 valence electrons. The summed E-state index contributed by atoms with van der Waals surface area (Å²) in [7, 11) is 0. The van der Waals surface area contributed by atoms with E-state index in [-0.39, 0.29) is 24.3 Å². The summed E-state index contributed by atoms with van der Waals surface area (Å²) in [5.74, 6) is -0.162. The smallest absolute Gasteiger partial charge is 0.231 e. The van der Waals surface area contributed by atoms with Crippen molar-refractivity contribution in [2.75, 3.05) is 39.3 Å². The van der Waals surface area contributed by atoms with Gasteiger partial charge in [0, 0.05) is 32.1 Å².